The lowest BCUT2D eigenvalue weighted by atomic mass is 9.93. The van der Waals surface area contributed by atoms with Crippen molar-refractivity contribution in [3.63, 3.8) is 0 Å². The summed E-state index contributed by atoms with van der Waals surface area (Å²) in [7, 11) is 0. The van der Waals surface area contributed by atoms with Gasteiger partial charge in [-0.25, -0.2) is 0 Å². The molecule has 7 heteroatoms. The number of nitrogens with zero attached hydrogens (tertiary/aromatic N) is 2. The van der Waals surface area contributed by atoms with Crippen molar-refractivity contribution in [3.8, 4) is 11.5 Å². The van der Waals surface area contributed by atoms with Gasteiger partial charge in [-0.05, 0) is 73.1 Å². The van der Waals surface area contributed by atoms with E-state index in [2.05, 4.69) is 32.7 Å². The summed E-state index contributed by atoms with van der Waals surface area (Å²) < 4.78 is 11.0. The first-order chi connectivity index (χ1) is 15.8. The average molecular weight is 450 g/mol. The Morgan fingerprint density at radius 1 is 1.12 bits per heavy atom. The first kappa shape index (κ1) is 21.0. The van der Waals surface area contributed by atoms with Crippen LogP contribution in [0.15, 0.2) is 60.2 Å². The molecule has 1 unspecified atom stereocenters. The van der Waals surface area contributed by atoms with Crippen molar-refractivity contribution >= 4 is 17.2 Å². The number of rotatable bonds is 7. The van der Waals surface area contributed by atoms with Gasteiger partial charge < -0.3 is 19.7 Å². The number of hydrogen-bond donors (Lipinski definition) is 1. The fraction of sp³-hybridized carbons (Fsp3) is 0.360. The molecule has 1 amide bonds. The molecule has 0 spiro atoms. The molecule has 6 nitrogen and oxygen atoms in total. The zero-order chi connectivity index (χ0) is 21.8. The molecule has 1 aromatic carbocycles. The van der Waals surface area contributed by atoms with Crippen LogP contribution in [-0.2, 0) is 11.2 Å². The number of benzene rings is 1. The van der Waals surface area contributed by atoms with Crippen LogP contribution in [0.25, 0.3) is 0 Å². The van der Waals surface area contributed by atoms with Gasteiger partial charge in [0.25, 0.3) is 0 Å². The molecule has 2 aliphatic rings. The molecular formula is C25H27N3O3S. The number of hydrogen-bond acceptors (Lipinski definition) is 6. The van der Waals surface area contributed by atoms with E-state index >= 15 is 0 Å². The molecule has 4 heterocycles. The SMILES string of the molecule is O=C(NC(c1cccnc1)c1ccc2c(c1)OCO2)C1CCN(CCc2cccs2)CC1. The van der Waals surface area contributed by atoms with E-state index in [0.29, 0.717) is 5.75 Å². The van der Waals surface area contributed by atoms with Crippen LogP contribution < -0.4 is 14.8 Å². The number of fused-ring (bicyclic) bond motifs is 1. The summed E-state index contributed by atoms with van der Waals surface area (Å²) in [6.07, 6.45) is 6.41. The number of thiophene rings is 1. The Kier molecular flexibility index (Phi) is 6.36. The number of amides is 1. The fourth-order valence-electron chi connectivity index (χ4n) is 4.40. The largest absolute Gasteiger partial charge is 0.454 e. The Bertz CT molecular complexity index is 1030. The molecular weight excluding hydrogens is 422 g/mol. The van der Waals surface area contributed by atoms with E-state index in [0.717, 1.165) is 55.8 Å². The lowest BCUT2D eigenvalue weighted by Gasteiger charge is -2.32. The quantitative estimate of drug-likeness (QED) is 0.590. The molecule has 5 rings (SSSR count). The van der Waals surface area contributed by atoms with Gasteiger partial charge in [-0.3, -0.25) is 9.78 Å². The third-order valence-electron chi connectivity index (χ3n) is 6.25. The molecule has 0 bridgehead atoms. The first-order valence-electron chi connectivity index (χ1n) is 11.1. The number of piperidine rings is 1. The summed E-state index contributed by atoms with van der Waals surface area (Å²) in [5.41, 5.74) is 1.91. The van der Waals surface area contributed by atoms with Crippen molar-refractivity contribution in [2.45, 2.75) is 25.3 Å². The highest BCUT2D eigenvalue weighted by Gasteiger charge is 2.28. The van der Waals surface area contributed by atoms with E-state index in [1.807, 2.05) is 47.9 Å². The van der Waals surface area contributed by atoms with E-state index in [9.17, 15) is 4.79 Å². The molecule has 0 saturated carbocycles. The summed E-state index contributed by atoms with van der Waals surface area (Å²) in [5.74, 6) is 1.58. The molecule has 1 fully saturated rings. The molecule has 0 radical (unpaired) electrons. The second-order valence-corrected chi connectivity index (χ2v) is 9.32. The molecule has 166 valence electrons. The number of carbonyl (C=O) groups excluding carboxylic acids is 1. The third kappa shape index (κ3) is 4.79. The number of carbonyl (C=O) groups is 1. The minimum atomic E-state index is -0.275. The molecule has 1 N–H and O–H groups in total. The minimum Gasteiger partial charge on any atom is -0.454 e. The van der Waals surface area contributed by atoms with Crippen LogP contribution in [0.3, 0.4) is 0 Å². The van der Waals surface area contributed by atoms with Gasteiger partial charge in [0.2, 0.25) is 12.7 Å². The topological polar surface area (TPSA) is 63.7 Å². The van der Waals surface area contributed by atoms with Crippen LogP contribution in [0.4, 0.5) is 0 Å². The maximum atomic E-state index is 13.2. The Morgan fingerprint density at radius 3 is 2.78 bits per heavy atom. The highest BCUT2D eigenvalue weighted by Crippen LogP contribution is 2.36. The summed E-state index contributed by atoms with van der Waals surface area (Å²) in [6.45, 7) is 3.22. The maximum Gasteiger partial charge on any atom is 0.231 e. The van der Waals surface area contributed by atoms with Crippen molar-refractivity contribution in [1.82, 2.24) is 15.2 Å². The molecule has 2 aromatic heterocycles. The van der Waals surface area contributed by atoms with Gasteiger partial charge in [-0.1, -0.05) is 18.2 Å². The average Bonchev–Trinajstić information content (AvgIpc) is 3.53. The van der Waals surface area contributed by atoms with Gasteiger partial charge in [-0.15, -0.1) is 11.3 Å². The minimum absolute atomic E-state index is 0.0289. The highest BCUT2D eigenvalue weighted by atomic mass is 32.1. The first-order valence-corrected chi connectivity index (χ1v) is 12.0. The summed E-state index contributed by atoms with van der Waals surface area (Å²) in [4.78, 5) is 21.4. The van der Waals surface area contributed by atoms with Crippen LogP contribution in [-0.4, -0.2) is 42.2 Å². The number of aromatic nitrogens is 1. The van der Waals surface area contributed by atoms with Crippen LogP contribution >= 0.6 is 11.3 Å². The normalized spacial score (nSPS) is 17.2. The monoisotopic (exact) mass is 449 g/mol. The van der Waals surface area contributed by atoms with Crippen molar-refractivity contribution in [3.05, 3.63) is 76.2 Å². The van der Waals surface area contributed by atoms with Crippen LogP contribution in [0, 0.1) is 5.92 Å². The second kappa shape index (κ2) is 9.71. The molecule has 0 aliphatic carbocycles. The third-order valence-corrected chi connectivity index (χ3v) is 7.18. The van der Waals surface area contributed by atoms with Gasteiger partial charge in [0.15, 0.2) is 11.5 Å². The molecule has 1 atom stereocenters. The zero-order valence-electron chi connectivity index (χ0n) is 17.9. The smallest absolute Gasteiger partial charge is 0.231 e. The number of likely N-dealkylation sites (tertiary alicyclic amines) is 1. The van der Waals surface area contributed by atoms with Gasteiger partial charge in [0.05, 0.1) is 6.04 Å². The zero-order valence-corrected chi connectivity index (χ0v) is 18.7. The Morgan fingerprint density at radius 2 is 2.00 bits per heavy atom. The number of ether oxygens (including phenoxy) is 2. The van der Waals surface area contributed by atoms with Crippen molar-refractivity contribution in [2.24, 2.45) is 5.92 Å². The molecule has 1 saturated heterocycles. The van der Waals surface area contributed by atoms with E-state index in [1.54, 1.807) is 6.20 Å². The van der Waals surface area contributed by atoms with E-state index in [1.165, 1.54) is 4.88 Å². The van der Waals surface area contributed by atoms with Gasteiger partial charge in [-0.2, -0.15) is 0 Å². The number of pyridine rings is 1. The van der Waals surface area contributed by atoms with Crippen molar-refractivity contribution in [2.75, 3.05) is 26.4 Å². The second-order valence-electron chi connectivity index (χ2n) is 8.29. The summed E-state index contributed by atoms with van der Waals surface area (Å²) >= 11 is 1.81. The lowest BCUT2D eigenvalue weighted by Crippen LogP contribution is -2.42. The Labute approximate surface area is 192 Å². The Balaban J connectivity index is 1.23. The van der Waals surface area contributed by atoms with E-state index in [4.69, 9.17) is 9.47 Å². The van der Waals surface area contributed by atoms with Crippen molar-refractivity contribution in [1.29, 1.82) is 0 Å². The van der Waals surface area contributed by atoms with Crippen LogP contribution in [0.2, 0.25) is 0 Å². The highest BCUT2D eigenvalue weighted by molar-refractivity contribution is 7.09. The predicted octanol–water partition coefficient (Wildman–Crippen LogP) is 4.03. The summed E-state index contributed by atoms with van der Waals surface area (Å²) in [6, 6.07) is 13.8. The molecule has 2 aliphatic heterocycles. The standard InChI is InChI=1S/C25H27N3O3S/c29-25(18-7-11-28(12-8-18)13-9-21-4-2-14-32-21)27-24(20-3-1-10-26-16-20)19-5-6-22-23(15-19)31-17-30-22/h1-6,10,14-16,18,24H,7-9,11-13,17H2,(H,27,29). The molecule has 3 aromatic rings. The predicted molar refractivity (Wildman–Crippen MR) is 124 cm³/mol. The lowest BCUT2D eigenvalue weighted by molar-refractivity contribution is -0.127. The molecule has 32 heavy (non-hydrogen) atoms. The summed E-state index contributed by atoms with van der Waals surface area (Å²) in [5, 5.41) is 5.42. The van der Waals surface area contributed by atoms with Crippen LogP contribution in [0.5, 0.6) is 11.5 Å². The maximum absolute atomic E-state index is 13.2. The van der Waals surface area contributed by atoms with Gasteiger partial charge in [0, 0.05) is 29.7 Å². The Hall–Kier alpha value is -2.90. The van der Waals surface area contributed by atoms with Gasteiger partial charge in [0.1, 0.15) is 0 Å². The van der Waals surface area contributed by atoms with Crippen molar-refractivity contribution < 1.29 is 14.3 Å². The van der Waals surface area contributed by atoms with E-state index in [-0.39, 0.29) is 24.7 Å². The van der Waals surface area contributed by atoms with Crippen LogP contribution in [0.1, 0.15) is 34.9 Å². The van der Waals surface area contributed by atoms with Gasteiger partial charge >= 0.3 is 0 Å². The van der Waals surface area contributed by atoms with E-state index < -0.39 is 0 Å². The fourth-order valence-corrected chi connectivity index (χ4v) is 5.10. The number of nitrogens with one attached hydrogen (secondary N) is 1.